The van der Waals surface area contributed by atoms with Crippen molar-refractivity contribution in [3.8, 4) is 29.0 Å². The molecule has 0 spiro atoms. The van der Waals surface area contributed by atoms with Gasteiger partial charge in [0.2, 0.25) is 18.1 Å². The molecule has 2 rings (SSSR count). The smallest absolute Gasteiger partial charge is 0.286 e. The molecule has 1 atom stereocenters. The number of hydrogen-bond donors (Lipinski definition) is 2. The molecule has 140 valence electrons. The lowest BCUT2D eigenvalue weighted by Gasteiger charge is -2.10. The van der Waals surface area contributed by atoms with Gasteiger partial charge in [-0.3, -0.25) is 9.59 Å². The molecule has 0 aliphatic heterocycles. The summed E-state index contributed by atoms with van der Waals surface area (Å²) in [5.41, 5.74) is 7.08. The highest BCUT2D eigenvalue weighted by molar-refractivity contribution is 5.89. The number of hydrogen-bond acceptors (Lipinski definition) is 6. The maximum absolute atomic E-state index is 11.4. The van der Waals surface area contributed by atoms with Crippen molar-refractivity contribution >= 4 is 12.3 Å². The Morgan fingerprint density at radius 2 is 2.19 bits per heavy atom. The average Bonchev–Trinajstić information content (AvgIpc) is 2.70. The molecule has 0 aliphatic rings. The van der Waals surface area contributed by atoms with E-state index in [1.165, 1.54) is 12.0 Å². The molecule has 2 aromatic rings. The van der Waals surface area contributed by atoms with Crippen LogP contribution in [0.4, 0.5) is 0 Å². The topological polar surface area (TPSA) is 119 Å². The van der Waals surface area contributed by atoms with Gasteiger partial charge in [0.1, 0.15) is 6.10 Å². The number of aliphatic hydroxyl groups excluding tert-OH is 1. The monoisotopic (exact) mass is 368 g/mol. The second-order valence-electron chi connectivity index (χ2n) is 5.72. The molecule has 0 radical (unpaired) electrons. The highest BCUT2D eigenvalue weighted by atomic mass is 16.5. The number of carbonyl (C=O) groups excluding carboxylic acids is 2. The van der Waals surface area contributed by atoms with Crippen LogP contribution in [0.2, 0.25) is 0 Å². The Labute approximate surface area is 157 Å². The molecule has 27 heavy (non-hydrogen) atoms. The molecule has 1 heterocycles. The Hall–Kier alpha value is -3.44. The van der Waals surface area contributed by atoms with E-state index < -0.39 is 12.0 Å². The number of methoxy groups -OCH3 is 1. The molecule has 0 saturated heterocycles. The van der Waals surface area contributed by atoms with Crippen LogP contribution < -0.4 is 10.5 Å². The van der Waals surface area contributed by atoms with Gasteiger partial charge in [0, 0.05) is 37.2 Å². The first kappa shape index (κ1) is 19.9. The van der Waals surface area contributed by atoms with Gasteiger partial charge in [0.05, 0.1) is 12.8 Å². The normalized spacial score (nSPS) is 11.1. The van der Waals surface area contributed by atoms with E-state index in [1.807, 2.05) is 0 Å². The fraction of sp³-hybridized carbons (Fsp3) is 0.263. The first-order valence-corrected chi connectivity index (χ1v) is 8.11. The van der Waals surface area contributed by atoms with Gasteiger partial charge < -0.3 is 20.5 Å². The summed E-state index contributed by atoms with van der Waals surface area (Å²) in [6.45, 7) is 0.413. The molecule has 0 saturated carbocycles. The molecule has 3 N–H and O–H groups in total. The highest BCUT2D eigenvalue weighted by Gasteiger charge is 2.11. The molecule has 1 aromatic carbocycles. The van der Waals surface area contributed by atoms with Crippen LogP contribution in [0.5, 0.6) is 5.88 Å². The van der Waals surface area contributed by atoms with Crippen molar-refractivity contribution < 1.29 is 19.4 Å². The first-order valence-electron chi connectivity index (χ1n) is 8.11. The standard InChI is InChI=1S/C19H20N4O4/c1-23(12-24)9-8-15(25)7-6-13-4-3-5-14(10-13)16-11-17(27-2)22-19(21-16)18(20)26/h3-5,10-12,15,25H,8-9H2,1-2H3,(H2,20,26). The van der Waals surface area contributed by atoms with Crippen LogP contribution in [0, 0.1) is 11.8 Å². The van der Waals surface area contributed by atoms with Gasteiger partial charge in [0.25, 0.3) is 5.91 Å². The van der Waals surface area contributed by atoms with Crippen LogP contribution in [0.3, 0.4) is 0 Å². The van der Waals surface area contributed by atoms with Gasteiger partial charge in [-0.2, -0.15) is 4.98 Å². The molecular formula is C19H20N4O4. The Bertz CT molecular complexity index is 889. The molecule has 1 unspecified atom stereocenters. The van der Waals surface area contributed by atoms with E-state index in [2.05, 4.69) is 21.8 Å². The van der Waals surface area contributed by atoms with E-state index in [0.29, 0.717) is 36.2 Å². The number of primary amides is 1. The van der Waals surface area contributed by atoms with Gasteiger partial charge >= 0.3 is 0 Å². The fourth-order valence-electron chi connectivity index (χ4n) is 2.16. The molecule has 8 nitrogen and oxygen atoms in total. The van der Waals surface area contributed by atoms with Crippen LogP contribution in [0.25, 0.3) is 11.3 Å². The lowest BCUT2D eigenvalue weighted by Crippen LogP contribution is -2.21. The zero-order valence-corrected chi connectivity index (χ0v) is 15.0. The van der Waals surface area contributed by atoms with Crippen molar-refractivity contribution in [1.29, 1.82) is 0 Å². The minimum absolute atomic E-state index is 0.143. The second kappa shape index (κ2) is 9.31. The summed E-state index contributed by atoms with van der Waals surface area (Å²) in [5, 5.41) is 9.90. The zero-order valence-electron chi connectivity index (χ0n) is 15.0. The lowest BCUT2D eigenvalue weighted by atomic mass is 10.1. The summed E-state index contributed by atoms with van der Waals surface area (Å²) in [4.78, 5) is 31.4. The van der Waals surface area contributed by atoms with Gasteiger partial charge in [-0.25, -0.2) is 4.98 Å². The number of nitrogens with two attached hydrogens (primary N) is 1. The molecule has 8 heteroatoms. The zero-order chi connectivity index (χ0) is 19.8. The van der Waals surface area contributed by atoms with E-state index >= 15 is 0 Å². The van der Waals surface area contributed by atoms with Gasteiger partial charge in [-0.1, -0.05) is 24.0 Å². The van der Waals surface area contributed by atoms with Crippen LogP contribution in [0.15, 0.2) is 30.3 Å². The summed E-state index contributed by atoms with van der Waals surface area (Å²) >= 11 is 0. The quantitative estimate of drug-likeness (QED) is 0.541. The van der Waals surface area contributed by atoms with E-state index in [9.17, 15) is 14.7 Å². The number of rotatable bonds is 7. The molecule has 0 fully saturated rings. The number of carbonyl (C=O) groups is 2. The highest BCUT2D eigenvalue weighted by Crippen LogP contribution is 2.21. The maximum atomic E-state index is 11.4. The van der Waals surface area contributed by atoms with Crippen LogP contribution in [-0.4, -0.2) is 59.1 Å². The summed E-state index contributed by atoms with van der Waals surface area (Å²) in [6.07, 6.45) is 0.198. The largest absolute Gasteiger partial charge is 0.481 e. The van der Waals surface area contributed by atoms with Crippen molar-refractivity contribution in [2.45, 2.75) is 12.5 Å². The van der Waals surface area contributed by atoms with Gasteiger partial charge in [0.15, 0.2) is 0 Å². The van der Waals surface area contributed by atoms with Crippen molar-refractivity contribution in [3.05, 3.63) is 41.7 Å². The number of aliphatic hydroxyl groups is 1. The van der Waals surface area contributed by atoms with Crippen LogP contribution in [0.1, 0.15) is 22.6 Å². The number of nitrogens with zero attached hydrogens (tertiary/aromatic N) is 3. The minimum atomic E-state index is -0.850. The van der Waals surface area contributed by atoms with Crippen molar-refractivity contribution in [1.82, 2.24) is 14.9 Å². The molecule has 0 aliphatic carbocycles. The average molecular weight is 368 g/mol. The number of ether oxygens (including phenoxy) is 1. The third kappa shape index (κ3) is 5.80. The molecule has 2 amide bonds. The van der Waals surface area contributed by atoms with E-state index in [-0.39, 0.29) is 11.7 Å². The Morgan fingerprint density at radius 1 is 1.41 bits per heavy atom. The Kier molecular flexibility index (Phi) is 6.86. The van der Waals surface area contributed by atoms with Crippen molar-refractivity contribution in [3.63, 3.8) is 0 Å². The van der Waals surface area contributed by atoms with Gasteiger partial charge in [-0.15, -0.1) is 0 Å². The molecular weight excluding hydrogens is 348 g/mol. The Balaban J connectivity index is 2.23. The summed E-state index contributed by atoms with van der Waals surface area (Å²) in [6, 6.07) is 8.72. The Morgan fingerprint density at radius 3 is 2.85 bits per heavy atom. The molecule has 1 aromatic heterocycles. The predicted molar refractivity (Wildman–Crippen MR) is 98.7 cm³/mol. The summed E-state index contributed by atoms with van der Waals surface area (Å²) < 4.78 is 5.08. The second-order valence-corrected chi connectivity index (χ2v) is 5.72. The van der Waals surface area contributed by atoms with Crippen molar-refractivity contribution in [2.75, 3.05) is 20.7 Å². The maximum Gasteiger partial charge on any atom is 0.286 e. The lowest BCUT2D eigenvalue weighted by molar-refractivity contribution is -0.117. The number of amides is 2. The van der Waals surface area contributed by atoms with Gasteiger partial charge in [-0.05, 0) is 12.1 Å². The SMILES string of the molecule is COc1cc(-c2cccc(C#CC(O)CCN(C)C=O)c2)nc(C(N)=O)n1. The number of aromatic nitrogens is 2. The summed E-state index contributed by atoms with van der Waals surface area (Å²) in [7, 11) is 3.06. The fourth-order valence-corrected chi connectivity index (χ4v) is 2.16. The van der Waals surface area contributed by atoms with Crippen LogP contribution >= 0.6 is 0 Å². The van der Waals surface area contributed by atoms with E-state index in [0.717, 1.165) is 0 Å². The predicted octanol–water partition coefficient (Wildman–Crippen LogP) is 0.442. The minimum Gasteiger partial charge on any atom is -0.481 e. The summed E-state index contributed by atoms with van der Waals surface area (Å²) in [5.74, 6) is 4.95. The third-order valence-electron chi connectivity index (χ3n) is 3.61. The van der Waals surface area contributed by atoms with Crippen LogP contribution in [-0.2, 0) is 4.79 Å². The number of benzene rings is 1. The van der Waals surface area contributed by atoms with Crippen molar-refractivity contribution in [2.24, 2.45) is 5.73 Å². The van der Waals surface area contributed by atoms with E-state index in [1.54, 1.807) is 37.4 Å². The third-order valence-corrected chi connectivity index (χ3v) is 3.61. The molecule has 0 bridgehead atoms. The van der Waals surface area contributed by atoms with E-state index in [4.69, 9.17) is 10.5 Å². The first-order chi connectivity index (χ1) is 12.9.